The molecule has 0 atom stereocenters. The van der Waals surface area contributed by atoms with Crippen molar-refractivity contribution in [2.75, 3.05) is 0 Å². The van der Waals surface area contributed by atoms with E-state index in [-0.39, 0.29) is 0 Å². The Bertz CT molecular complexity index is 3380. The first-order chi connectivity index (χ1) is 27.8. The molecule has 0 aliphatic carbocycles. The predicted octanol–water partition coefficient (Wildman–Crippen LogP) is 13.4. The van der Waals surface area contributed by atoms with Crippen LogP contribution < -0.4 is 0 Å². The lowest BCUT2D eigenvalue weighted by Gasteiger charge is -2.11. The summed E-state index contributed by atoms with van der Waals surface area (Å²) in [5, 5.41) is 7.61. The van der Waals surface area contributed by atoms with Crippen LogP contribution in [0.4, 0.5) is 0 Å². The van der Waals surface area contributed by atoms with Gasteiger partial charge < -0.3 is 8.97 Å². The lowest BCUT2D eigenvalue weighted by molar-refractivity contribution is 1.18. The fourth-order valence-corrected chi connectivity index (χ4v) is 9.01. The normalized spacial score (nSPS) is 11.9. The highest BCUT2D eigenvalue weighted by molar-refractivity contribution is 6.35. The molecule has 12 aromatic rings. The number of rotatable bonds is 5. The van der Waals surface area contributed by atoms with Gasteiger partial charge in [-0.1, -0.05) is 158 Å². The Kier molecular flexibility index (Phi) is 6.60. The van der Waals surface area contributed by atoms with Crippen LogP contribution in [0, 0.1) is 0 Å². The Morgan fingerprint density at radius 1 is 0.339 bits per heavy atom. The number of para-hydroxylation sites is 4. The van der Waals surface area contributed by atoms with Crippen molar-refractivity contribution in [3.05, 3.63) is 194 Å². The summed E-state index contributed by atoms with van der Waals surface area (Å²) in [6.07, 6.45) is 0. The van der Waals surface area contributed by atoms with E-state index in [1.165, 1.54) is 65.5 Å². The first kappa shape index (κ1) is 30.9. The third-order valence-corrected chi connectivity index (χ3v) is 11.5. The van der Waals surface area contributed by atoms with Gasteiger partial charge in [0.2, 0.25) is 0 Å². The average Bonchev–Trinajstić information content (AvgIpc) is 3.92. The molecule has 0 radical (unpaired) electrons. The van der Waals surface area contributed by atoms with E-state index in [9.17, 15) is 0 Å². The van der Waals surface area contributed by atoms with Gasteiger partial charge in [-0.2, -0.15) is 0 Å². The summed E-state index contributed by atoms with van der Waals surface area (Å²) in [5.74, 6) is 0.715. The molecule has 0 saturated carbocycles. The smallest absolute Gasteiger partial charge is 0.160 e. The van der Waals surface area contributed by atoms with Gasteiger partial charge in [-0.3, -0.25) is 0 Å². The predicted molar refractivity (Wildman–Crippen MR) is 233 cm³/mol. The van der Waals surface area contributed by atoms with E-state index < -0.39 is 0 Å². The van der Waals surface area contributed by atoms with Crippen molar-refractivity contribution >= 4 is 59.9 Å². The molecule has 260 valence electrons. The van der Waals surface area contributed by atoms with Crippen molar-refractivity contribution in [2.45, 2.75) is 0 Å². The van der Waals surface area contributed by atoms with Gasteiger partial charge in [-0.25, -0.2) is 9.97 Å². The number of hydrogen-bond acceptors (Lipinski definition) is 2. The van der Waals surface area contributed by atoms with Crippen LogP contribution in [0.3, 0.4) is 0 Å². The molecule has 0 spiro atoms. The van der Waals surface area contributed by atoms with E-state index in [1.807, 2.05) is 24.3 Å². The van der Waals surface area contributed by atoms with E-state index >= 15 is 0 Å². The molecule has 0 bridgehead atoms. The zero-order valence-electron chi connectivity index (χ0n) is 30.3. The molecular weight excluding hydrogens is 681 g/mol. The zero-order valence-corrected chi connectivity index (χ0v) is 30.3. The highest BCUT2D eigenvalue weighted by atomic mass is 15.0. The Hall–Kier alpha value is -7.56. The number of fused-ring (bicyclic) bond motifs is 10. The van der Waals surface area contributed by atoms with E-state index in [2.05, 4.69) is 179 Å². The second-order valence-electron chi connectivity index (χ2n) is 14.6. The number of nitrogens with zero attached hydrogens (tertiary/aromatic N) is 4. The minimum absolute atomic E-state index is 0.715. The van der Waals surface area contributed by atoms with Crippen LogP contribution in [0.2, 0.25) is 0 Å². The van der Waals surface area contributed by atoms with Crippen LogP contribution in [0.15, 0.2) is 194 Å². The van der Waals surface area contributed by atoms with Gasteiger partial charge in [0.05, 0.1) is 39.0 Å². The monoisotopic (exact) mass is 712 g/mol. The van der Waals surface area contributed by atoms with Gasteiger partial charge in [0.1, 0.15) is 0 Å². The second-order valence-corrected chi connectivity index (χ2v) is 14.6. The van der Waals surface area contributed by atoms with E-state index in [4.69, 9.17) is 9.97 Å². The summed E-state index contributed by atoms with van der Waals surface area (Å²) in [7, 11) is 0. The highest BCUT2D eigenvalue weighted by Gasteiger charge is 2.25. The average molecular weight is 713 g/mol. The van der Waals surface area contributed by atoms with Crippen LogP contribution in [0.5, 0.6) is 0 Å². The second kappa shape index (κ2) is 12.0. The molecule has 4 nitrogen and oxygen atoms in total. The summed E-state index contributed by atoms with van der Waals surface area (Å²) in [5.41, 5.74) is 14.6. The van der Waals surface area contributed by atoms with Crippen molar-refractivity contribution in [1.29, 1.82) is 0 Å². The maximum atomic E-state index is 5.10. The molecule has 4 heterocycles. The van der Waals surface area contributed by atoms with Crippen molar-refractivity contribution in [2.24, 2.45) is 0 Å². The van der Waals surface area contributed by atoms with Crippen LogP contribution in [0.1, 0.15) is 0 Å². The molecule has 0 unspecified atom stereocenters. The van der Waals surface area contributed by atoms with Gasteiger partial charge in [-0.05, 0) is 42.0 Å². The van der Waals surface area contributed by atoms with Gasteiger partial charge >= 0.3 is 0 Å². The van der Waals surface area contributed by atoms with Crippen molar-refractivity contribution in [3.8, 4) is 50.7 Å². The fraction of sp³-hybridized carbons (Fsp3) is 0. The van der Waals surface area contributed by atoms with Gasteiger partial charge in [-0.15, -0.1) is 0 Å². The molecular formula is C52H32N4. The van der Waals surface area contributed by atoms with Gasteiger partial charge in [0, 0.05) is 60.3 Å². The summed E-state index contributed by atoms with van der Waals surface area (Å²) in [4.78, 5) is 10.1. The summed E-state index contributed by atoms with van der Waals surface area (Å²) in [6, 6.07) is 69.3. The molecule has 8 aromatic carbocycles. The molecule has 0 aliphatic rings. The maximum absolute atomic E-state index is 5.10. The highest BCUT2D eigenvalue weighted by Crippen LogP contribution is 2.48. The zero-order chi connectivity index (χ0) is 36.7. The van der Waals surface area contributed by atoms with Crippen LogP contribution >= 0.6 is 0 Å². The van der Waals surface area contributed by atoms with Crippen molar-refractivity contribution < 1.29 is 0 Å². The van der Waals surface area contributed by atoms with E-state index in [0.717, 1.165) is 39.3 Å². The maximum Gasteiger partial charge on any atom is 0.160 e. The van der Waals surface area contributed by atoms with Crippen LogP contribution in [-0.2, 0) is 0 Å². The number of hydrogen-bond donors (Lipinski definition) is 0. The molecule has 4 aromatic heterocycles. The van der Waals surface area contributed by atoms with Crippen LogP contribution in [-0.4, -0.2) is 18.9 Å². The molecule has 0 amide bonds. The lowest BCUT2D eigenvalue weighted by Crippen LogP contribution is -1.95. The Labute approximate surface area is 322 Å². The van der Waals surface area contributed by atoms with Gasteiger partial charge in [0.25, 0.3) is 0 Å². The standard InChI is InChI=1S/C52H32N4/c1-4-15-34(16-5-1)44-32-45(54-52(53-44)36-17-6-2-7-18-36)35-29-27-33(28-30-35)38-23-14-24-41-48-50-42(31-43-40-22-11-13-26-47(40)56(49(38)41)51(43)48)39-21-10-12-25-46(39)55(50)37-19-8-3-9-20-37/h1-32H. The van der Waals surface area contributed by atoms with Crippen LogP contribution in [0.25, 0.3) is 111 Å². The molecule has 56 heavy (non-hydrogen) atoms. The molecule has 0 fully saturated rings. The number of benzene rings is 8. The summed E-state index contributed by atoms with van der Waals surface area (Å²) >= 11 is 0. The quantitative estimate of drug-likeness (QED) is 0.178. The van der Waals surface area contributed by atoms with E-state index in [1.54, 1.807) is 0 Å². The van der Waals surface area contributed by atoms with Crippen molar-refractivity contribution in [1.82, 2.24) is 18.9 Å². The largest absolute Gasteiger partial charge is 0.309 e. The van der Waals surface area contributed by atoms with Gasteiger partial charge in [0.15, 0.2) is 5.82 Å². The lowest BCUT2D eigenvalue weighted by atomic mass is 9.98. The first-order valence-electron chi connectivity index (χ1n) is 19.1. The Balaban J connectivity index is 1.11. The minimum atomic E-state index is 0.715. The first-order valence-corrected chi connectivity index (χ1v) is 19.1. The molecule has 12 rings (SSSR count). The van der Waals surface area contributed by atoms with Crippen molar-refractivity contribution in [3.63, 3.8) is 0 Å². The molecule has 0 N–H and O–H groups in total. The number of aromatic nitrogens is 4. The SMILES string of the molecule is c1ccc(-c2cc(-c3ccc(-c4cccc5c6c7c(cc8c9ccccc9n(c45)c86)c4ccccc4n7-c4ccccc4)cc3)nc(-c3ccccc3)n2)cc1. The topological polar surface area (TPSA) is 35.1 Å². The molecule has 0 saturated heterocycles. The third-order valence-electron chi connectivity index (χ3n) is 11.5. The minimum Gasteiger partial charge on any atom is -0.309 e. The Morgan fingerprint density at radius 2 is 0.875 bits per heavy atom. The third kappa shape index (κ3) is 4.47. The summed E-state index contributed by atoms with van der Waals surface area (Å²) < 4.78 is 4.99. The Morgan fingerprint density at radius 3 is 1.59 bits per heavy atom. The van der Waals surface area contributed by atoms with E-state index in [0.29, 0.717) is 5.82 Å². The fourth-order valence-electron chi connectivity index (χ4n) is 9.01. The summed E-state index contributed by atoms with van der Waals surface area (Å²) in [6.45, 7) is 0. The molecule has 0 aliphatic heterocycles. The molecule has 4 heteroatoms.